The third-order valence-electron chi connectivity index (χ3n) is 2.22. The number of aliphatic hydroxyl groups is 1. The second kappa shape index (κ2) is 6.26. The van der Waals surface area contributed by atoms with E-state index in [1.165, 1.54) is 0 Å². The smallest absolute Gasteiger partial charge is 0.412 e. The highest BCUT2D eigenvalue weighted by Gasteiger charge is 2.17. The molecule has 0 aliphatic rings. The van der Waals surface area contributed by atoms with Gasteiger partial charge in [0.05, 0.1) is 6.10 Å². The van der Waals surface area contributed by atoms with Crippen LogP contribution in [-0.2, 0) is 11.2 Å². The van der Waals surface area contributed by atoms with Gasteiger partial charge in [0.25, 0.3) is 0 Å². The Kier molecular flexibility index (Phi) is 5.20. The second-order valence-corrected chi connectivity index (χ2v) is 5.92. The Balaban J connectivity index is 2.85. The van der Waals surface area contributed by atoms with Gasteiger partial charge in [0, 0.05) is 17.1 Å². The lowest BCUT2D eigenvalue weighted by molar-refractivity contribution is 0.0635. The lowest BCUT2D eigenvalue weighted by Crippen LogP contribution is -2.27. The van der Waals surface area contributed by atoms with E-state index in [1.807, 2.05) is 0 Å². The number of anilines is 1. The van der Waals surface area contributed by atoms with E-state index >= 15 is 0 Å². The molecule has 2 N–H and O–H groups in total. The standard InChI is InChI=1S/C14H20ClNO3/c1-9(17)7-10-8-11(15)5-6-12(10)16-13(18)19-14(2,3)4/h5-6,8-9,17H,7H2,1-4H3,(H,16,18). The summed E-state index contributed by atoms with van der Waals surface area (Å²) in [6.07, 6.45) is -0.634. The molecule has 106 valence electrons. The van der Waals surface area contributed by atoms with E-state index in [-0.39, 0.29) is 0 Å². The van der Waals surface area contributed by atoms with E-state index in [9.17, 15) is 9.90 Å². The molecular formula is C14H20ClNO3. The molecule has 1 amide bonds. The van der Waals surface area contributed by atoms with Gasteiger partial charge in [0.15, 0.2) is 0 Å². The van der Waals surface area contributed by atoms with Gasteiger partial charge in [-0.3, -0.25) is 5.32 Å². The molecule has 0 aromatic heterocycles. The Hall–Kier alpha value is -1.26. The van der Waals surface area contributed by atoms with Gasteiger partial charge in [0.2, 0.25) is 0 Å². The molecule has 19 heavy (non-hydrogen) atoms. The molecule has 1 rings (SSSR count). The molecular weight excluding hydrogens is 266 g/mol. The summed E-state index contributed by atoms with van der Waals surface area (Å²) in [5.41, 5.74) is 0.814. The third kappa shape index (κ3) is 5.94. The Morgan fingerprint density at radius 1 is 1.47 bits per heavy atom. The molecule has 0 aliphatic heterocycles. The molecule has 1 unspecified atom stereocenters. The number of ether oxygens (including phenoxy) is 1. The van der Waals surface area contributed by atoms with Crippen LogP contribution in [-0.4, -0.2) is 22.9 Å². The van der Waals surface area contributed by atoms with Crippen molar-refractivity contribution in [2.45, 2.75) is 45.8 Å². The number of halogens is 1. The third-order valence-corrected chi connectivity index (χ3v) is 2.45. The van der Waals surface area contributed by atoms with Gasteiger partial charge in [0.1, 0.15) is 5.60 Å². The molecule has 0 heterocycles. The number of hydrogen-bond acceptors (Lipinski definition) is 3. The Morgan fingerprint density at radius 2 is 2.11 bits per heavy atom. The summed E-state index contributed by atoms with van der Waals surface area (Å²) in [6.45, 7) is 7.07. The van der Waals surface area contributed by atoms with Crippen molar-refractivity contribution in [1.29, 1.82) is 0 Å². The topological polar surface area (TPSA) is 58.6 Å². The number of carbonyl (C=O) groups excluding carboxylic acids is 1. The summed E-state index contributed by atoms with van der Waals surface area (Å²) in [5.74, 6) is 0. The summed E-state index contributed by atoms with van der Waals surface area (Å²) < 4.78 is 5.19. The quantitative estimate of drug-likeness (QED) is 0.892. The zero-order chi connectivity index (χ0) is 14.6. The van der Waals surface area contributed by atoms with Gasteiger partial charge in [-0.25, -0.2) is 4.79 Å². The Bertz CT molecular complexity index is 452. The molecule has 0 spiro atoms. The minimum absolute atomic E-state index is 0.408. The maximum Gasteiger partial charge on any atom is 0.412 e. The van der Waals surface area contributed by atoms with Crippen LogP contribution in [0.4, 0.5) is 10.5 Å². The summed E-state index contributed by atoms with van der Waals surface area (Å²) in [4.78, 5) is 11.7. The van der Waals surface area contributed by atoms with Crippen LogP contribution in [0.3, 0.4) is 0 Å². The van der Waals surface area contributed by atoms with E-state index in [4.69, 9.17) is 16.3 Å². The minimum atomic E-state index is -0.555. The fourth-order valence-electron chi connectivity index (χ4n) is 1.58. The molecule has 1 aromatic rings. The molecule has 1 aromatic carbocycles. The molecule has 0 radical (unpaired) electrons. The van der Waals surface area contributed by atoms with Crippen LogP contribution in [0, 0.1) is 0 Å². The average Bonchev–Trinajstić information content (AvgIpc) is 2.18. The predicted octanol–water partition coefficient (Wildman–Crippen LogP) is 3.61. The van der Waals surface area contributed by atoms with Crippen LogP contribution in [0.5, 0.6) is 0 Å². The number of nitrogens with one attached hydrogen (secondary N) is 1. The van der Waals surface area contributed by atoms with E-state index in [1.54, 1.807) is 45.9 Å². The molecule has 0 bridgehead atoms. The summed E-state index contributed by atoms with van der Waals surface area (Å²) in [5, 5.41) is 12.7. The molecule has 1 atom stereocenters. The van der Waals surface area contributed by atoms with Crippen LogP contribution in [0.1, 0.15) is 33.3 Å². The Morgan fingerprint density at radius 3 is 2.63 bits per heavy atom. The first-order valence-corrected chi connectivity index (χ1v) is 6.51. The molecule has 0 fully saturated rings. The minimum Gasteiger partial charge on any atom is -0.444 e. The molecule has 5 heteroatoms. The van der Waals surface area contributed by atoms with Gasteiger partial charge in [-0.15, -0.1) is 0 Å². The van der Waals surface area contributed by atoms with Crippen LogP contribution in [0.15, 0.2) is 18.2 Å². The summed E-state index contributed by atoms with van der Waals surface area (Å²) >= 11 is 5.92. The van der Waals surface area contributed by atoms with Crippen molar-refractivity contribution in [3.05, 3.63) is 28.8 Å². The highest BCUT2D eigenvalue weighted by Crippen LogP contribution is 2.23. The van der Waals surface area contributed by atoms with Crippen molar-refractivity contribution in [3.8, 4) is 0 Å². The molecule has 0 saturated carbocycles. The highest BCUT2D eigenvalue weighted by atomic mass is 35.5. The Labute approximate surface area is 118 Å². The van der Waals surface area contributed by atoms with Crippen LogP contribution < -0.4 is 5.32 Å². The van der Waals surface area contributed by atoms with Crippen molar-refractivity contribution >= 4 is 23.4 Å². The van der Waals surface area contributed by atoms with Crippen molar-refractivity contribution < 1.29 is 14.6 Å². The van der Waals surface area contributed by atoms with E-state index in [2.05, 4.69) is 5.32 Å². The molecule has 4 nitrogen and oxygen atoms in total. The monoisotopic (exact) mass is 285 g/mol. The number of aliphatic hydroxyl groups excluding tert-OH is 1. The second-order valence-electron chi connectivity index (χ2n) is 5.48. The van der Waals surface area contributed by atoms with Crippen LogP contribution in [0.2, 0.25) is 5.02 Å². The maximum absolute atomic E-state index is 11.7. The average molecular weight is 286 g/mol. The first-order chi connectivity index (χ1) is 8.67. The largest absolute Gasteiger partial charge is 0.444 e. The number of rotatable bonds is 3. The summed E-state index contributed by atoms with van der Waals surface area (Å²) in [7, 11) is 0. The number of hydrogen-bond donors (Lipinski definition) is 2. The fraction of sp³-hybridized carbons (Fsp3) is 0.500. The fourth-order valence-corrected chi connectivity index (χ4v) is 1.78. The normalized spacial score (nSPS) is 12.9. The van der Waals surface area contributed by atoms with Crippen molar-refractivity contribution in [1.82, 2.24) is 0 Å². The van der Waals surface area contributed by atoms with E-state index in [0.29, 0.717) is 17.1 Å². The summed E-state index contributed by atoms with van der Waals surface area (Å²) in [6, 6.07) is 5.10. The van der Waals surface area contributed by atoms with Crippen LogP contribution >= 0.6 is 11.6 Å². The van der Waals surface area contributed by atoms with Gasteiger partial charge < -0.3 is 9.84 Å². The van der Waals surface area contributed by atoms with Gasteiger partial charge in [-0.05, 0) is 51.5 Å². The van der Waals surface area contributed by atoms with E-state index in [0.717, 1.165) is 5.56 Å². The highest BCUT2D eigenvalue weighted by molar-refractivity contribution is 6.30. The van der Waals surface area contributed by atoms with Gasteiger partial charge >= 0.3 is 6.09 Å². The molecule has 0 saturated heterocycles. The number of benzene rings is 1. The first-order valence-electron chi connectivity index (χ1n) is 6.14. The predicted molar refractivity (Wildman–Crippen MR) is 76.7 cm³/mol. The van der Waals surface area contributed by atoms with Crippen molar-refractivity contribution in [2.75, 3.05) is 5.32 Å². The van der Waals surface area contributed by atoms with Gasteiger partial charge in [-0.1, -0.05) is 11.6 Å². The van der Waals surface area contributed by atoms with Crippen molar-refractivity contribution in [2.24, 2.45) is 0 Å². The lowest BCUT2D eigenvalue weighted by atomic mass is 10.1. The first kappa shape index (κ1) is 15.8. The van der Waals surface area contributed by atoms with Crippen LogP contribution in [0.25, 0.3) is 0 Å². The zero-order valence-corrected chi connectivity index (χ0v) is 12.4. The lowest BCUT2D eigenvalue weighted by Gasteiger charge is -2.20. The van der Waals surface area contributed by atoms with E-state index < -0.39 is 17.8 Å². The zero-order valence-electron chi connectivity index (χ0n) is 11.7. The van der Waals surface area contributed by atoms with Gasteiger partial charge in [-0.2, -0.15) is 0 Å². The SMILES string of the molecule is CC(O)Cc1cc(Cl)ccc1NC(=O)OC(C)(C)C. The number of carbonyl (C=O) groups is 1. The molecule has 0 aliphatic carbocycles. The maximum atomic E-state index is 11.7. The van der Waals surface area contributed by atoms with Crippen molar-refractivity contribution in [3.63, 3.8) is 0 Å². The number of amides is 1.